The van der Waals surface area contributed by atoms with E-state index in [0.29, 0.717) is 5.76 Å². The molecular formula is C16H14N2O3S. The predicted molar refractivity (Wildman–Crippen MR) is 83.5 cm³/mol. The second kappa shape index (κ2) is 5.40. The molecule has 0 saturated heterocycles. The molecule has 3 rings (SSSR count). The van der Waals surface area contributed by atoms with Crippen LogP contribution in [0.4, 0.5) is 0 Å². The van der Waals surface area contributed by atoms with Gasteiger partial charge in [-0.15, -0.1) is 0 Å². The van der Waals surface area contributed by atoms with Crippen LogP contribution >= 0.6 is 0 Å². The Balaban J connectivity index is 2.11. The zero-order chi connectivity index (χ0) is 15.7. The zero-order valence-corrected chi connectivity index (χ0v) is 12.7. The van der Waals surface area contributed by atoms with E-state index in [1.54, 1.807) is 12.1 Å². The number of rotatable bonds is 3. The molecule has 0 bridgehead atoms. The SMILES string of the molecule is Cc1noc(-c2ccc(S(N)(=O)=O)cc2)c1-c1ccccc1. The third-order valence-electron chi connectivity index (χ3n) is 3.37. The van der Waals surface area contributed by atoms with E-state index >= 15 is 0 Å². The highest BCUT2D eigenvalue weighted by molar-refractivity contribution is 7.89. The fourth-order valence-electron chi connectivity index (χ4n) is 2.31. The fourth-order valence-corrected chi connectivity index (χ4v) is 2.82. The third kappa shape index (κ3) is 2.66. The van der Waals surface area contributed by atoms with Crippen molar-refractivity contribution in [3.8, 4) is 22.5 Å². The normalized spacial score (nSPS) is 11.5. The molecule has 0 saturated carbocycles. The lowest BCUT2D eigenvalue weighted by Crippen LogP contribution is -2.11. The Hall–Kier alpha value is -2.44. The van der Waals surface area contributed by atoms with Gasteiger partial charge in [-0.3, -0.25) is 0 Å². The Bertz CT molecular complexity index is 898. The van der Waals surface area contributed by atoms with Gasteiger partial charge in [0.25, 0.3) is 0 Å². The molecule has 0 radical (unpaired) electrons. The van der Waals surface area contributed by atoms with Crippen molar-refractivity contribution >= 4 is 10.0 Å². The largest absolute Gasteiger partial charge is 0.355 e. The number of nitrogens with two attached hydrogens (primary N) is 1. The van der Waals surface area contributed by atoms with Crippen LogP contribution < -0.4 is 5.14 Å². The van der Waals surface area contributed by atoms with Gasteiger partial charge in [0, 0.05) is 5.56 Å². The molecule has 22 heavy (non-hydrogen) atoms. The monoisotopic (exact) mass is 314 g/mol. The first kappa shape index (κ1) is 14.5. The van der Waals surface area contributed by atoms with E-state index in [1.807, 2.05) is 37.3 Å². The van der Waals surface area contributed by atoms with Gasteiger partial charge in [-0.25, -0.2) is 13.6 Å². The van der Waals surface area contributed by atoms with Crippen LogP contribution in [0.25, 0.3) is 22.5 Å². The van der Waals surface area contributed by atoms with Gasteiger partial charge in [-0.2, -0.15) is 0 Å². The third-order valence-corrected chi connectivity index (χ3v) is 4.30. The maximum Gasteiger partial charge on any atom is 0.238 e. The van der Waals surface area contributed by atoms with Crippen LogP contribution in [0.1, 0.15) is 5.69 Å². The van der Waals surface area contributed by atoms with E-state index < -0.39 is 10.0 Å². The summed E-state index contributed by atoms with van der Waals surface area (Å²) >= 11 is 0. The minimum absolute atomic E-state index is 0.0637. The lowest BCUT2D eigenvalue weighted by atomic mass is 10.00. The lowest BCUT2D eigenvalue weighted by Gasteiger charge is -2.04. The van der Waals surface area contributed by atoms with Crippen LogP contribution in [-0.4, -0.2) is 13.6 Å². The van der Waals surface area contributed by atoms with Crippen LogP contribution in [0.15, 0.2) is 64.0 Å². The molecule has 3 aromatic rings. The minimum Gasteiger partial charge on any atom is -0.355 e. The van der Waals surface area contributed by atoms with E-state index in [2.05, 4.69) is 5.16 Å². The molecule has 0 aliphatic rings. The topological polar surface area (TPSA) is 86.2 Å². The van der Waals surface area contributed by atoms with E-state index in [0.717, 1.165) is 22.4 Å². The van der Waals surface area contributed by atoms with E-state index in [4.69, 9.17) is 9.66 Å². The molecule has 2 N–H and O–H groups in total. The van der Waals surface area contributed by atoms with Gasteiger partial charge >= 0.3 is 0 Å². The minimum atomic E-state index is -3.71. The standard InChI is InChI=1S/C16H14N2O3S/c1-11-15(12-5-3-2-4-6-12)16(21-18-11)13-7-9-14(10-8-13)22(17,19)20/h2-10H,1H3,(H2,17,19,20). The summed E-state index contributed by atoms with van der Waals surface area (Å²) in [7, 11) is -3.71. The average molecular weight is 314 g/mol. The van der Waals surface area contributed by atoms with Crippen molar-refractivity contribution in [2.24, 2.45) is 5.14 Å². The molecular weight excluding hydrogens is 300 g/mol. The summed E-state index contributed by atoms with van der Waals surface area (Å²) in [6.45, 7) is 1.87. The Labute approximate surface area is 128 Å². The number of hydrogen-bond acceptors (Lipinski definition) is 4. The van der Waals surface area contributed by atoms with Gasteiger partial charge in [0.1, 0.15) is 0 Å². The highest BCUT2D eigenvalue weighted by Crippen LogP contribution is 2.34. The van der Waals surface area contributed by atoms with Gasteiger partial charge in [-0.05, 0) is 36.8 Å². The maximum atomic E-state index is 11.3. The number of aromatic nitrogens is 1. The molecule has 112 valence electrons. The van der Waals surface area contributed by atoms with Crippen molar-refractivity contribution in [2.75, 3.05) is 0 Å². The van der Waals surface area contributed by atoms with Gasteiger partial charge in [0.15, 0.2) is 5.76 Å². The molecule has 1 heterocycles. The predicted octanol–water partition coefficient (Wildman–Crippen LogP) is 2.96. The van der Waals surface area contributed by atoms with E-state index in [1.165, 1.54) is 12.1 Å². The van der Waals surface area contributed by atoms with Crippen molar-refractivity contribution in [3.63, 3.8) is 0 Å². The molecule has 1 aromatic heterocycles. The molecule has 0 aliphatic carbocycles. The Morgan fingerprint density at radius 3 is 2.18 bits per heavy atom. The molecule has 0 unspecified atom stereocenters. The van der Waals surface area contributed by atoms with Crippen molar-refractivity contribution in [1.29, 1.82) is 0 Å². The molecule has 0 amide bonds. The maximum absolute atomic E-state index is 11.3. The molecule has 0 atom stereocenters. The summed E-state index contributed by atoms with van der Waals surface area (Å²) in [5.41, 5.74) is 3.40. The molecule has 0 fully saturated rings. The first-order chi connectivity index (χ1) is 10.5. The van der Waals surface area contributed by atoms with Crippen LogP contribution in [0, 0.1) is 6.92 Å². The summed E-state index contributed by atoms with van der Waals surface area (Å²) in [6, 6.07) is 16.0. The van der Waals surface area contributed by atoms with Crippen molar-refractivity contribution < 1.29 is 12.9 Å². The number of sulfonamides is 1. The van der Waals surface area contributed by atoms with Gasteiger partial charge in [-0.1, -0.05) is 35.5 Å². The van der Waals surface area contributed by atoms with Crippen molar-refractivity contribution in [2.45, 2.75) is 11.8 Å². The fraction of sp³-hybridized carbons (Fsp3) is 0.0625. The number of aryl methyl sites for hydroxylation is 1. The Kier molecular flexibility index (Phi) is 3.56. The van der Waals surface area contributed by atoms with Crippen LogP contribution in [0.5, 0.6) is 0 Å². The van der Waals surface area contributed by atoms with Crippen molar-refractivity contribution in [1.82, 2.24) is 5.16 Å². The highest BCUT2D eigenvalue weighted by Gasteiger charge is 2.17. The van der Waals surface area contributed by atoms with Gasteiger partial charge in [0.2, 0.25) is 10.0 Å². The number of primary sulfonamides is 1. The number of nitrogens with zero attached hydrogens (tertiary/aromatic N) is 1. The first-order valence-corrected chi connectivity index (χ1v) is 8.16. The number of hydrogen-bond donors (Lipinski definition) is 1. The van der Waals surface area contributed by atoms with E-state index in [-0.39, 0.29) is 4.90 Å². The summed E-state index contributed by atoms with van der Waals surface area (Å²) in [4.78, 5) is 0.0637. The molecule has 2 aromatic carbocycles. The summed E-state index contributed by atoms with van der Waals surface area (Å²) in [6.07, 6.45) is 0. The molecule has 0 spiro atoms. The van der Waals surface area contributed by atoms with Gasteiger partial charge < -0.3 is 4.52 Å². The van der Waals surface area contributed by atoms with E-state index in [9.17, 15) is 8.42 Å². The lowest BCUT2D eigenvalue weighted by molar-refractivity contribution is 0.427. The van der Waals surface area contributed by atoms with Gasteiger partial charge in [0.05, 0.1) is 16.2 Å². The molecule has 6 heteroatoms. The smallest absolute Gasteiger partial charge is 0.238 e. The second-order valence-electron chi connectivity index (χ2n) is 4.91. The number of benzene rings is 2. The first-order valence-electron chi connectivity index (χ1n) is 6.62. The molecule has 5 nitrogen and oxygen atoms in total. The summed E-state index contributed by atoms with van der Waals surface area (Å²) in [5.74, 6) is 0.602. The van der Waals surface area contributed by atoms with Crippen LogP contribution in [0.2, 0.25) is 0 Å². The Morgan fingerprint density at radius 1 is 0.955 bits per heavy atom. The summed E-state index contributed by atoms with van der Waals surface area (Å²) in [5, 5.41) is 9.13. The van der Waals surface area contributed by atoms with Crippen molar-refractivity contribution in [3.05, 3.63) is 60.3 Å². The summed E-state index contributed by atoms with van der Waals surface area (Å²) < 4.78 is 28.1. The Morgan fingerprint density at radius 2 is 1.59 bits per heavy atom. The quantitative estimate of drug-likeness (QED) is 0.805. The highest BCUT2D eigenvalue weighted by atomic mass is 32.2. The van der Waals surface area contributed by atoms with Crippen LogP contribution in [0.3, 0.4) is 0 Å². The zero-order valence-electron chi connectivity index (χ0n) is 11.9. The second-order valence-corrected chi connectivity index (χ2v) is 6.47. The molecule has 0 aliphatic heterocycles. The average Bonchev–Trinajstić information content (AvgIpc) is 2.89. The van der Waals surface area contributed by atoms with Crippen LogP contribution in [-0.2, 0) is 10.0 Å².